The van der Waals surface area contributed by atoms with Crippen molar-refractivity contribution in [1.82, 2.24) is 15.0 Å². The summed E-state index contributed by atoms with van der Waals surface area (Å²) in [6, 6.07) is 0. The van der Waals surface area contributed by atoms with Crippen LogP contribution in [0.5, 0.6) is 0 Å². The Balaban J connectivity index is 2.80. The Labute approximate surface area is 116 Å². The number of rotatable bonds is 6. The lowest BCUT2D eigenvalue weighted by atomic mass is 10.1. The number of nitrogens with zero attached hydrogens (tertiary/aromatic N) is 3. The number of hydrogen-bond donors (Lipinski definition) is 3. The number of aliphatic carboxylic acids is 1. The summed E-state index contributed by atoms with van der Waals surface area (Å²) in [5, 5.41) is 15.2. The van der Waals surface area contributed by atoms with E-state index in [1.165, 1.54) is 11.8 Å². The summed E-state index contributed by atoms with van der Waals surface area (Å²) in [6.45, 7) is 6.30. The normalized spacial score (nSPS) is 11.2. The van der Waals surface area contributed by atoms with Crippen LogP contribution < -0.4 is 10.6 Å². The predicted molar refractivity (Wildman–Crippen MR) is 75.7 cm³/mol. The van der Waals surface area contributed by atoms with Crippen molar-refractivity contribution in [2.24, 2.45) is 0 Å². The van der Waals surface area contributed by atoms with Crippen LogP contribution in [0.4, 0.5) is 11.9 Å². The van der Waals surface area contributed by atoms with Gasteiger partial charge in [-0.25, -0.2) is 0 Å². The SMILES string of the molecule is CSc1nc(NCCC(=O)O)nc(NC(C)(C)C)n1. The van der Waals surface area contributed by atoms with Crippen molar-refractivity contribution in [3.8, 4) is 0 Å². The molecule has 0 unspecified atom stereocenters. The molecule has 0 amide bonds. The molecule has 8 heteroatoms. The molecule has 0 aromatic carbocycles. The van der Waals surface area contributed by atoms with Crippen molar-refractivity contribution in [2.45, 2.75) is 37.9 Å². The Morgan fingerprint density at radius 2 is 1.89 bits per heavy atom. The fourth-order valence-corrected chi connectivity index (χ4v) is 1.55. The van der Waals surface area contributed by atoms with E-state index in [-0.39, 0.29) is 18.5 Å². The quantitative estimate of drug-likeness (QED) is 0.679. The third-order valence-electron chi connectivity index (χ3n) is 1.91. The van der Waals surface area contributed by atoms with E-state index < -0.39 is 5.97 Å². The van der Waals surface area contributed by atoms with E-state index in [9.17, 15) is 4.79 Å². The number of anilines is 2. The summed E-state index contributed by atoms with van der Waals surface area (Å²) in [5.41, 5.74) is -0.157. The van der Waals surface area contributed by atoms with E-state index in [0.29, 0.717) is 17.1 Å². The molecule has 0 aliphatic carbocycles. The van der Waals surface area contributed by atoms with Gasteiger partial charge in [-0.2, -0.15) is 15.0 Å². The molecule has 0 saturated carbocycles. The third kappa shape index (κ3) is 6.23. The highest BCUT2D eigenvalue weighted by Gasteiger charge is 2.13. The van der Waals surface area contributed by atoms with Gasteiger partial charge < -0.3 is 15.7 Å². The van der Waals surface area contributed by atoms with Crippen LogP contribution in [0.3, 0.4) is 0 Å². The van der Waals surface area contributed by atoms with Crippen LogP contribution in [-0.4, -0.2) is 44.4 Å². The lowest BCUT2D eigenvalue weighted by molar-refractivity contribution is -0.136. The molecule has 0 bridgehead atoms. The fourth-order valence-electron chi connectivity index (χ4n) is 1.20. The zero-order valence-electron chi connectivity index (χ0n) is 11.5. The van der Waals surface area contributed by atoms with Gasteiger partial charge in [-0.05, 0) is 27.0 Å². The van der Waals surface area contributed by atoms with Crippen LogP contribution in [0.1, 0.15) is 27.2 Å². The topological polar surface area (TPSA) is 100 Å². The minimum absolute atomic E-state index is 0.0162. The first-order chi connectivity index (χ1) is 8.80. The molecule has 19 heavy (non-hydrogen) atoms. The van der Waals surface area contributed by atoms with Crippen molar-refractivity contribution < 1.29 is 9.90 Å². The van der Waals surface area contributed by atoms with Crippen molar-refractivity contribution >= 4 is 29.6 Å². The van der Waals surface area contributed by atoms with Gasteiger partial charge in [0.25, 0.3) is 0 Å². The van der Waals surface area contributed by atoms with Gasteiger partial charge in [-0.15, -0.1) is 0 Å². The summed E-state index contributed by atoms with van der Waals surface area (Å²) in [5.74, 6) is -0.00305. The molecule has 1 heterocycles. The zero-order chi connectivity index (χ0) is 14.5. The van der Waals surface area contributed by atoms with Gasteiger partial charge in [0.15, 0.2) is 5.16 Å². The number of carbonyl (C=O) groups is 1. The Morgan fingerprint density at radius 1 is 1.26 bits per heavy atom. The number of carboxylic acids is 1. The second-order valence-electron chi connectivity index (χ2n) is 4.91. The van der Waals surface area contributed by atoms with E-state index in [1.807, 2.05) is 27.0 Å². The van der Waals surface area contributed by atoms with Crippen LogP contribution in [-0.2, 0) is 4.79 Å². The largest absolute Gasteiger partial charge is 0.481 e. The van der Waals surface area contributed by atoms with E-state index in [4.69, 9.17) is 5.11 Å². The van der Waals surface area contributed by atoms with E-state index in [0.717, 1.165) is 0 Å². The highest BCUT2D eigenvalue weighted by molar-refractivity contribution is 7.98. The van der Waals surface area contributed by atoms with Crippen LogP contribution in [0.2, 0.25) is 0 Å². The molecule has 0 fully saturated rings. The first-order valence-corrected chi connectivity index (χ1v) is 7.06. The summed E-state index contributed by atoms with van der Waals surface area (Å²) in [7, 11) is 0. The minimum atomic E-state index is -0.861. The lowest BCUT2D eigenvalue weighted by Crippen LogP contribution is -2.28. The van der Waals surface area contributed by atoms with Gasteiger partial charge in [0, 0.05) is 12.1 Å². The molecule has 0 saturated heterocycles. The predicted octanol–water partition coefficient (Wildman–Crippen LogP) is 1.69. The van der Waals surface area contributed by atoms with E-state index in [1.54, 1.807) is 0 Å². The average Bonchev–Trinajstić information content (AvgIpc) is 2.25. The maximum atomic E-state index is 10.5. The molecule has 3 N–H and O–H groups in total. The van der Waals surface area contributed by atoms with Gasteiger partial charge >= 0.3 is 5.97 Å². The molecule has 106 valence electrons. The number of carboxylic acid groups (broad SMARTS) is 1. The van der Waals surface area contributed by atoms with Gasteiger partial charge in [0.05, 0.1) is 6.42 Å². The summed E-state index contributed by atoms with van der Waals surface area (Å²) in [4.78, 5) is 23.1. The molecule has 0 aliphatic rings. The number of hydrogen-bond acceptors (Lipinski definition) is 7. The monoisotopic (exact) mass is 285 g/mol. The maximum absolute atomic E-state index is 10.5. The maximum Gasteiger partial charge on any atom is 0.305 e. The van der Waals surface area contributed by atoms with Gasteiger partial charge in [-0.3, -0.25) is 4.79 Å². The standard InChI is InChI=1S/C11H19N5O2S/c1-11(2,3)16-9-13-8(12-6-5-7(17)18)14-10(15-9)19-4/h5-6H2,1-4H3,(H,17,18)(H2,12,13,14,15,16). The summed E-state index contributed by atoms with van der Waals surface area (Å²) >= 11 is 1.40. The molecule has 1 aromatic rings. The smallest absolute Gasteiger partial charge is 0.305 e. The molecule has 0 spiro atoms. The summed E-state index contributed by atoms with van der Waals surface area (Å²) in [6.07, 6.45) is 1.89. The molecule has 7 nitrogen and oxygen atoms in total. The van der Waals surface area contributed by atoms with Crippen molar-refractivity contribution in [1.29, 1.82) is 0 Å². The Bertz CT molecular complexity index is 447. The van der Waals surface area contributed by atoms with Crippen LogP contribution in [0, 0.1) is 0 Å². The average molecular weight is 285 g/mol. The Hall–Kier alpha value is -1.57. The van der Waals surface area contributed by atoms with Crippen molar-refractivity contribution in [2.75, 3.05) is 23.4 Å². The first kappa shape index (κ1) is 15.5. The number of thioether (sulfide) groups is 1. The Kier molecular flexibility index (Phi) is 5.34. The molecule has 0 radical (unpaired) electrons. The molecule has 0 atom stereocenters. The van der Waals surface area contributed by atoms with E-state index >= 15 is 0 Å². The summed E-state index contributed by atoms with van der Waals surface area (Å²) < 4.78 is 0. The third-order valence-corrected chi connectivity index (χ3v) is 2.45. The molecule has 1 aromatic heterocycles. The van der Waals surface area contributed by atoms with Gasteiger partial charge in [0.2, 0.25) is 11.9 Å². The van der Waals surface area contributed by atoms with E-state index in [2.05, 4.69) is 25.6 Å². The molecular formula is C11H19N5O2S. The van der Waals surface area contributed by atoms with Crippen molar-refractivity contribution in [3.63, 3.8) is 0 Å². The second kappa shape index (κ2) is 6.55. The van der Waals surface area contributed by atoms with Crippen LogP contribution in [0.25, 0.3) is 0 Å². The first-order valence-electron chi connectivity index (χ1n) is 5.84. The minimum Gasteiger partial charge on any atom is -0.481 e. The number of aromatic nitrogens is 3. The van der Waals surface area contributed by atoms with Gasteiger partial charge in [-0.1, -0.05) is 11.8 Å². The molecule has 1 rings (SSSR count). The molecule has 0 aliphatic heterocycles. The fraction of sp³-hybridized carbons (Fsp3) is 0.636. The highest BCUT2D eigenvalue weighted by Crippen LogP contribution is 2.16. The Morgan fingerprint density at radius 3 is 2.42 bits per heavy atom. The second-order valence-corrected chi connectivity index (χ2v) is 5.69. The van der Waals surface area contributed by atoms with Crippen LogP contribution in [0.15, 0.2) is 5.16 Å². The number of nitrogens with one attached hydrogen (secondary N) is 2. The molecular weight excluding hydrogens is 266 g/mol. The van der Waals surface area contributed by atoms with Crippen LogP contribution >= 0.6 is 11.8 Å². The lowest BCUT2D eigenvalue weighted by Gasteiger charge is -2.20. The highest BCUT2D eigenvalue weighted by atomic mass is 32.2. The zero-order valence-corrected chi connectivity index (χ0v) is 12.3. The van der Waals surface area contributed by atoms with Crippen molar-refractivity contribution in [3.05, 3.63) is 0 Å². The van der Waals surface area contributed by atoms with Gasteiger partial charge in [0.1, 0.15) is 0 Å².